The van der Waals surface area contributed by atoms with Crippen LogP contribution in [0.2, 0.25) is 0 Å². The molecule has 0 aromatic carbocycles. The maximum Gasteiger partial charge on any atom is 0.134 e. The molecule has 0 radical (unpaired) electrons. The fraction of sp³-hybridized carbons (Fsp3) is 0.909. The molecule has 1 fully saturated rings. The molecule has 0 amide bonds. The third-order valence-corrected chi connectivity index (χ3v) is 3.04. The second-order valence-corrected chi connectivity index (χ2v) is 5.31. The van der Waals surface area contributed by atoms with Gasteiger partial charge in [-0.25, -0.2) is 0 Å². The van der Waals surface area contributed by atoms with Gasteiger partial charge in [0.15, 0.2) is 0 Å². The van der Waals surface area contributed by atoms with E-state index >= 15 is 0 Å². The average Bonchev–Trinajstić information content (AvgIpc) is 2.01. The second kappa shape index (κ2) is 4.99. The lowest BCUT2D eigenvalue weighted by atomic mass is 9.92. The molecular formula is C11H19ClO. The van der Waals surface area contributed by atoms with Crippen LogP contribution in [-0.2, 0) is 4.79 Å². The Kier molecular flexibility index (Phi) is 4.24. The van der Waals surface area contributed by atoms with Crippen LogP contribution in [0.3, 0.4) is 0 Å². The standard InChI is InChI=1S/C11H19ClO/c1-11(12)8-6-4-2-3-5-7-10(13)9-11/h2-9H2,1H3. The van der Waals surface area contributed by atoms with Crippen LogP contribution in [0.4, 0.5) is 0 Å². The molecule has 1 rings (SSSR count). The first-order chi connectivity index (χ1) is 6.10. The van der Waals surface area contributed by atoms with E-state index in [1.54, 1.807) is 0 Å². The monoisotopic (exact) mass is 202 g/mol. The number of ketones is 1. The highest BCUT2D eigenvalue weighted by atomic mass is 35.5. The van der Waals surface area contributed by atoms with Gasteiger partial charge in [-0.3, -0.25) is 4.79 Å². The quantitative estimate of drug-likeness (QED) is 0.548. The van der Waals surface area contributed by atoms with Crippen LogP contribution in [0.1, 0.15) is 58.3 Å². The van der Waals surface area contributed by atoms with Crippen molar-refractivity contribution in [3.8, 4) is 0 Å². The third-order valence-electron chi connectivity index (χ3n) is 2.72. The SMILES string of the molecule is CC1(Cl)CCCCCCCC(=O)C1. The summed E-state index contributed by atoms with van der Waals surface area (Å²) in [6.45, 7) is 1.99. The van der Waals surface area contributed by atoms with E-state index in [9.17, 15) is 4.79 Å². The number of alkyl halides is 1. The third kappa shape index (κ3) is 4.66. The number of halogens is 1. The fourth-order valence-corrected chi connectivity index (χ4v) is 2.22. The fourth-order valence-electron chi connectivity index (χ4n) is 1.93. The number of carbonyl (C=O) groups excluding carboxylic acids is 1. The zero-order valence-electron chi connectivity index (χ0n) is 8.44. The summed E-state index contributed by atoms with van der Waals surface area (Å²) >= 11 is 6.25. The molecule has 0 aromatic heterocycles. The zero-order valence-corrected chi connectivity index (χ0v) is 9.20. The summed E-state index contributed by atoms with van der Waals surface area (Å²) in [6, 6.07) is 0. The van der Waals surface area contributed by atoms with Crippen LogP contribution in [0.5, 0.6) is 0 Å². The van der Waals surface area contributed by atoms with E-state index in [-0.39, 0.29) is 4.87 Å². The molecule has 0 saturated heterocycles. The Balaban J connectivity index is 2.44. The minimum absolute atomic E-state index is 0.269. The maximum atomic E-state index is 11.4. The predicted molar refractivity (Wildman–Crippen MR) is 56.2 cm³/mol. The minimum atomic E-state index is -0.269. The highest BCUT2D eigenvalue weighted by molar-refractivity contribution is 6.24. The van der Waals surface area contributed by atoms with Gasteiger partial charge in [-0.05, 0) is 19.8 Å². The number of Topliss-reactive ketones (excluding diaryl/α,β-unsaturated/α-hetero) is 1. The second-order valence-electron chi connectivity index (χ2n) is 4.40. The van der Waals surface area contributed by atoms with Gasteiger partial charge in [-0.2, -0.15) is 0 Å². The molecule has 1 nitrogen and oxygen atoms in total. The van der Waals surface area contributed by atoms with Crippen molar-refractivity contribution in [1.29, 1.82) is 0 Å². The van der Waals surface area contributed by atoms with Crippen molar-refractivity contribution in [2.75, 3.05) is 0 Å². The number of rotatable bonds is 0. The lowest BCUT2D eigenvalue weighted by molar-refractivity contribution is -0.119. The molecule has 2 heteroatoms. The van der Waals surface area contributed by atoms with Gasteiger partial charge < -0.3 is 0 Å². The van der Waals surface area contributed by atoms with Crippen LogP contribution in [0, 0.1) is 0 Å². The highest BCUT2D eigenvalue weighted by Crippen LogP contribution is 2.28. The Hall–Kier alpha value is -0.0400. The van der Waals surface area contributed by atoms with E-state index in [4.69, 9.17) is 11.6 Å². The Labute approximate surface area is 85.8 Å². The molecule has 0 N–H and O–H groups in total. The molecule has 13 heavy (non-hydrogen) atoms. The number of hydrogen-bond acceptors (Lipinski definition) is 1. The van der Waals surface area contributed by atoms with Gasteiger partial charge in [0.25, 0.3) is 0 Å². The van der Waals surface area contributed by atoms with Crippen molar-refractivity contribution in [3.63, 3.8) is 0 Å². The Morgan fingerprint density at radius 3 is 2.54 bits per heavy atom. The summed E-state index contributed by atoms with van der Waals surface area (Å²) in [6.07, 6.45) is 8.28. The largest absolute Gasteiger partial charge is 0.300 e. The van der Waals surface area contributed by atoms with Crippen molar-refractivity contribution in [1.82, 2.24) is 0 Å². The average molecular weight is 203 g/mol. The molecule has 1 atom stereocenters. The van der Waals surface area contributed by atoms with Gasteiger partial charge in [0, 0.05) is 17.7 Å². The Morgan fingerprint density at radius 2 is 1.77 bits per heavy atom. The van der Waals surface area contributed by atoms with Gasteiger partial charge in [0.1, 0.15) is 5.78 Å². The molecule has 0 spiro atoms. The van der Waals surface area contributed by atoms with Crippen LogP contribution < -0.4 is 0 Å². The van der Waals surface area contributed by atoms with E-state index in [2.05, 4.69) is 0 Å². The Bertz CT molecular complexity index is 175. The summed E-state index contributed by atoms with van der Waals surface area (Å²) in [5.74, 6) is 0.347. The molecule has 0 bridgehead atoms. The zero-order chi connectivity index (χ0) is 9.73. The van der Waals surface area contributed by atoms with Crippen LogP contribution in [0.25, 0.3) is 0 Å². The topological polar surface area (TPSA) is 17.1 Å². The van der Waals surface area contributed by atoms with Gasteiger partial charge in [-0.1, -0.05) is 25.7 Å². The van der Waals surface area contributed by atoms with Crippen molar-refractivity contribution in [3.05, 3.63) is 0 Å². The van der Waals surface area contributed by atoms with E-state index in [0.717, 1.165) is 19.3 Å². The number of carbonyl (C=O) groups is 1. The molecule has 0 aromatic rings. The van der Waals surface area contributed by atoms with Crippen molar-refractivity contribution in [2.45, 2.75) is 63.2 Å². The van der Waals surface area contributed by atoms with Crippen molar-refractivity contribution >= 4 is 17.4 Å². The molecular weight excluding hydrogens is 184 g/mol. The summed E-state index contributed by atoms with van der Waals surface area (Å²) in [4.78, 5) is 11.2. The summed E-state index contributed by atoms with van der Waals surface area (Å²) in [7, 11) is 0. The molecule has 1 saturated carbocycles. The molecule has 1 aliphatic carbocycles. The van der Waals surface area contributed by atoms with Crippen molar-refractivity contribution < 1.29 is 4.79 Å². The predicted octanol–water partition coefficient (Wildman–Crippen LogP) is 3.69. The van der Waals surface area contributed by atoms with Crippen LogP contribution in [-0.4, -0.2) is 10.7 Å². The van der Waals surface area contributed by atoms with Gasteiger partial charge in [0.2, 0.25) is 0 Å². The molecule has 0 aliphatic heterocycles. The van der Waals surface area contributed by atoms with E-state index in [0.29, 0.717) is 12.2 Å². The van der Waals surface area contributed by atoms with Gasteiger partial charge >= 0.3 is 0 Å². The first-order valence-corrected chi connectivity index (χ1v) is 5.69. The lowest BCUT2D eigenvalue weighted by Crippen LogP contribution is -2.21. The summed E-state index contributed by atoms with van der Waals surface area (Å²) in [5, 5.41) is 0. The van der Waals surface area contributed by atoms with Crippen LogP contribution >= 0.6 is 11.6 Å². The van der Waals surface area contributed by atoms with E-state index in [1.807, 2.05) is 6.92 Å². The molecule has 1 aliphatic rings. The summed E-state index contributed by atoms with van der Waals surface area (Å²) in [5.41, 5.74) is 0. The van der Waals surface area contributed by atoms with Gasteiger partial charge in [0.05, 0.1) is 0 Å². The summed E-state index contributed by atoms with van der Waals surface area (Å²) < 4.78 is 0. The normalized spacial score (nSPS) is 32.9. The van der Waals surface area contributed by atoms with Crippen molar-refractivity contribution in [2.24, 2.45) is 0 Å². The first-order valence-electron chi connectivity index (χ1n) is 5.31. The molecule has 1 unspecified atom stereocenters. The smallest absolute Gasteiger partial charge is 0.134 e. The highest BCUT2D eigenvalue weighted by Gasteiger charge is 2.24. The lowest BCUT2D eigenvalue weighted by Gasteiger charge is -2.22. The Morgan fingerprint density at radius 1 is 1.15 bits per heavy atom. The van der Waals surface area contributed by atoms with E-state index < -0.39 is 0 Å². The molecule has 76 valence electrons. The van der Waals surface area contributed by atoms with Gasteiger partial charge in [-0.15, -0.1) is 11.6 Å². The molecule has 0 heterocycles. The first kappa shape index (κ1) is 11.0. The van der Waals surface area contributed by atoms with E-state index in [1.165, 1.54) is 25.7 Å². The van der Waals surface area contributed by atoms with Crippen LogP contribution in [0.15, 0.2) is 0 Å². The maximum absolute atomic E-state index is 11.4. The minimum Gasteiger partial charge on any atom is -0.300 e. The number of hydrogen-bond donors (Lipinski definition) is 0.